The summed E-state index contributed by atoms with van der Waals surface area (Å²) >= 11 is 1.36. The Bertz CT molecular complexity index is 626. The van der Waals surface area contributed by atoms with Crippen molar-refractivity contribution >= 4 is 29.7 Å². The van der Waals surface area contributed by atoms with E-state index in [9.17, 15) is 4.79 Å². The summed E-state index contributed by atoms with van der Waals surface area (Å²) in [5.74, 6) is 0.940. The highest BCUT2D eigenvalue weighted by molar-refractivity contribution is 7.12. The molecule has 2 rings (SSSR count). The Kier molecular flexibility index (Phi) is 7.55. The van der Waals surface area contributed by atoms with Gasteiger partial charge in [-0.05, 0) is 28.5 Å². The lowest BCUT2D eigenvalue weighted by atomic mass is 9.99. The molecule has 1 heterocycles. The lowest BCUT2D eigenvalue weighted by molar-refractivity contribution is 0.0952. The van der Waals surface area contributed by atoms with Crippen molar-refractivity contribution in [3.8, 4) is 5.75 Å². The van der Waals surface area contributed by atoms with Crippen molar-refractivity contribution < 1.29 is 9.53 Å². The van der Waals surface area contributed by atoms with Gasteiger partial charge in [0.2, 0.25) is 0 Å². The van der Waals surface area contributed by atoms with Crippen LogP contribution in [0.2, 0.25) is 0 Å². The average Bonchev–Trinajstić information content (AvgIpc) is 3.01. The first-order valence-corrected chi connectivity index (χ1v) is 8.16. The molecule has 3 N–H and O–H groups in total. The van der Waals surface area contributed by atoms with Crippen molar-refractivity contribution in [2.75, 3.05) is 13.7 Å². The fourth-order valence-electron chi connectivity index (χ4n) is 2.15. The molecular weight excluding hydrogens is 332 g/mol. The van der Waals surface area contributed by atoms with Crippen LogP contribution in [-0.2, 0) is 0 Å². The minimum Gasteiger partial charge on any atom is -0.495 e. The summed E-state index contributed by atoms with van der Waals surface area (Å²) in [5.41, 5.74) is 8.45. The van der Waals surface area contributed by atoms with Crippen LogP contribution in [0.3, 0.4) is 0 Å². The zero-order valence-corrected chi connectivity index (χ0v) is 15.2. The van der Waals surface area contributed by atoms with Crippen LogP contribution in [0.5, 0.6) is 5.75 Å². The largest absolute Gasteiger partial charge is 0.495 e. The Morgan fingerprint density at radius 1 is 1.22 bits per heavy atom. The fraction of sp³-hybridized carbons (Fsp3) is 0.353. The molecule has 1 unspecified atom stereocenters. The Morgan fingerprint density at radius 2 is 1.83 bits per heavy atom. The van der Waals surface area contributed by atoms with Gasteiger partial charge in [0.05, 0.1) is 7.11 Å². The van der Waals surface area contributed by atoms with Gasteiger partial charge in [0.15, 0.2) is 0 Å². The number of carbonyl (C=O) groups excluding carboxylic acids is 1. The molecule has 1 atom stereocenters. The van der Waals surface area contributed by atoms with Crippen molar-refractivity contribution in [1.29, 1.82) is 0 Å². The summed E-state index contributed by atoms with van der Waals surface area (Å²) in [6.45, 7) is 4.70. The summed E-state index contributed by atoms with van der Waals surface area (Å²) < 4.78 is 5.15. The third-order valence-electron chi connectivity index (χ3n) is 3.57. The minimum absolute atomic E-state index is 0. The first-order chi connectivity index (χ1) is 10.5. The summed E-state index contributed by atoms with van der Waals surface area (Å²) in [5, 5.41) is 4.69. The maximum atomic E-state index is 12.1. The lowest BCUT2D eigenvalue weighted by Crippen LogP contribution is -2.31. The molecule has 0 saturated carbocycles. The maximum absolute atomic E-state index is 12.1. The number of nitrogens with one attached hydrogen (secondary N) is 1. The van der Waals surface area contributed by atoms with Gasteiger partial charge in [0.25, 0.3) is 5.91 Å². The van der Waals surface area contributed by atoms with Crippen molar-refractivity contribution in [2.24, 2.45) is 5.73 Å². The number of benzene rings is 1. The molecule has 0 radical (unpaired) electrons. The second-order valence-corrected chi connectivity index (χ2v) is 6.37. The SMILES string of the molecule is COc1ccsc1C(=O)NCC(N)c1ccc(C(C)C)cc1.Cl. The summed E-state index contributed by atoms with van der Waals surface area (Å²) in [6.07, 6.45) is 0. The van der Waals surface area contributed by atoms with E-state index >= 15 is 0 Å². The highest BCUT2D eigenvalue weighted by Crippen LogP contribution is 2.24. The van der Waals surface area contributed by atoms with Crippen molar-refractivity contribution in [3.05, 3.63) is 51.7 Å². The van der Waals surface area contributed by atoms with E-state index in [0.29, 0.717) is 23.1 Å². The molecule has 126 valence electrons. The van der Waals surface area contributed by atoms with Crippen LogP contribution >= 0.6 is 23.7 Å². The molecule has 0 aliphatic heterocycles. The topological polar surface area (TPSA) is 64.3 Å². The average molecular weight is 355 g/mol. The zero-order chi connectivity index (χ0) is 16.1. The van der Waals surface area contributed by atoms with E-state index in [0.717, 1.165) is 5.56 Å². The summed E-state index contributed by atoms with van der Waals surface area (Å²) in [7, 11) is 1.56. The molecule has 0 aliphatic rings. The van der Waals surface area contributed by atoms with Crippen LogP contribution in [0, 0.1) is 0 Å². The van der Waals surface area contributed by atoms with E-state index < -0.39 is 0 Å². The lowest BCUT2D eigenvalue weighted by Gasteiger charge is -2.14. The number of hydrogen-bond acceptors (Lipinski definition) is 4. The van der Waals surface area contributed by atoms with Gasteiger partial charge in [-0.3, -0.25) is 4.79 Å². The maximum Gasteiger partial charge on any atom is 0.265 e. The number of rotatable bonds is 6. The highest BCUT2D eigenvalue weighted by atomic mass is 35.5. The van der Waals surface area contributed by atoms with Crippen LogP contribution in [0.4, 0.5) is 0 Å². The number of halogens is 1. The molecule has 6 heteroatoms. The molecule has 0 saturated heterocycles. The fourth-order valence-corrected chi connectivity index (χ4v) is 2.93. The number of amides is 1. The Hall–Kier alpha value is -1.56. The first kappa shape index (κ1) is 19.5. The van der Waals surface area contributed by atoms with Gasteiger partial charge in [0, 0.05) is 12.6 Å². The quantitative estimate of drug-likeness (QED) is 0.830. The summed E-state index contributed by atoms with van der Waals surface area (Å²) in [4.78, 5) is 12.7. The van der Waals surface area contributed by atoms with Gasteiger partial charge in [-0.2, -0.15) is 0 Å². The number of thiophene rings is 1. The van der Waals surface area contributed by atoms with Gasteiger partial charge in [-0.25, -0.2) is 0 Å². The molecule has 1 aromatic heterocycles. The van der Waals surface area contributed by atoms with E-state index in [-0.39, 0.29) is 24.4 Å². The van der Waals surface area contributed by atoms with Gasteiger partial charge in [-0.15, -0.1) is 23.7 Å². The molecule has 4 nitrogen and oxygen atoms in total. The smallest absolute Gasteiger partial charge is 0.265 e. The number of carbonyl (C=O) groups is 1. The molecule has 23 heavy (non-hydrogen) atoms. The normalized spacial score (nSPS) is 11.7. The standard InChI is InChI=1S/C17H22N2O2S.ClH/c1-11(2)12-4-6-13(7-5-12)14(18)10-19-17(20)16-15(21-3)8-9-22-16;/h4-9,11,14H,10,18H2,1-3H3,(H,19,20);1H. The van der Waals surface area contributed by atoms with Crippen molar-refractivity contribution in [3.63, 3.8) is 0 Å². The predicted octanol–water partition coefficient (Wildman–Crippen LogP) is 3.73. The Balaban J connectivity index is 0.00000264. The van der Waals surface area contributed by atoms with Gasteiger partial charge in [0.1, 0.15) is 10.6 Å². The molecule has 1 amide bonds. The molecular formula is C17H23ClN2O2S. The van der Waals surface area contributed by atoms with Gasteiger partial charge < -0.3 is 15.8 Å². The van der Waals surface area contributed by atoms with Crippen LogP contribution in [0.1, 0.15) is 46.6 Å². The first-order valence-electron chi connectivity index (χ1n) is 7.28. The van der Waals surface area contributed by atoms with E-state index in [1.54, 1.807) is 13.2 Å². The Morgan fingerprint density at radius 3 is 2.39 bits per heavy atom. The summed E-state index contributed by atoms with van der Waals surface area (Å²) in [6, 6.07) is 9.78. The van der Waals surface area contributed by atoms with Gasteiger partial charge >= 0.3 is 0 Å². The van der Waals surface area contributed by atoms with Crippen molar-refractivity contribution in [1.82, 2.24) is 5.32 Å². The monoisotopic (exact) mass is 354 g/mol. The third-order valence-corrected chi connectivity index (χ3v) is 4.46. The minimum atomic E-state index is -0.226. The number of ether oxygens (including phenoxy) is 1. The van der Waals surface area contributed by atoms with E-state index in [1.807, 2.05) is 17.5 Å². The Labute approximate surface area is 147 Å². The van der Waals surface area contributed by atoms with Crippen LogP contribution in [0.15, 0.2) is 35.7 Å². The van der Waals surface area contributed by atoms with Crippen LogP contribution < -0.4 is 15.8 Å². The number of hydrogen-bond donors (Lipinski definition) is 2. The van der Waals surface area contributed by atoms with E-state index in [4.69, 9.17) is 10.5 Å². The van der Waals surface area contributed by atoms with E-state index in [2.05, 4.69) is 31.3 Å². The predicted molar refractivity (Wildman–Crippen MR) is 97.9 cm³/mol. The second kappa shape index (κ2) is 8.91. The van der Waals surface area contributed by atoms with Crippen LogP contribution in [-0.4, -0.2) is 19.6 Å². The zero-order valence-electron chi connectivity index (χ0n) is 13.5. The number of nitrogens with two attached hydrogens (primary N) is 1. The molecule has 0 spiro atoms. The van der Waals surface area contributed by atoms with Crippen LogP contribution in [0.25, 0.3) is 0 Å². The van der Waals surface area contributed by atoms with E-state index in [1.165, 1.54) is 16.9 Å². The second-order valence-electron chi connectivity index (χ2n) is 5.46. The molecule has 0 aliphatic carbocycles. The molecule has 1 aromatic carbocycles. The van der Waals surface area contributed by atoms with Crippen molar-refractivity contribution in [2.45, 2.75) is 25.8 Å². The number of methoxy groups -OCH3 is 1. The van der Waals surface area contributed by atoms with Gasteiger partial charge in [-0.1, -0.05) is 38.1 Å². The third kappa shape index (κ3) is 4.96. The molecule has 0 fully saturated rings. The molecule has 2 aromatic rings. The molecule has 0 bridgehead atoms. The highest BCUT2D eigenvalue weighted by Gasteiger charge is 2.15.